The molecule has 0 unspecified atom stereocenters. The number of hydrogen-bond acceptors (Lipinski definition) is 4. The summed E-state index contributed by atoms with van der Waals surface area (Å²) in [4.78, 5) is 9.38. The summed E-state index contributed by atoms with van der Waals surface area (Å²) in [7, 11) is 0. The molecule has 1 saturated carbocycles. The predicted octanol–water partition coefficient (Wildman–Crippen LogP) is 7.09. The molecular formula is C26H25N3O. The van der Waals surface area contributed by atoms with Crippen molar-refractivity contribution in [3.05, 3.63) is 59.4 Å². The number of pyridine rings is 2. The molecule has 0 atom stereocenters. The van der Waals surface area contributed by atoms with Gasteiger partial charge in [0.25, 0.3) is 0 Å². The average molecular weight is 396 g/mol. The van der Waals surface area contributed by atoms with E-state index in [1.165, 1.54) is 37.7 Å². The minimum absolute atomic E-state index is 0.311. The quantitative estimate of drug-likeness (QED) is 0.371. The van der Waals surface area contributed by atoms with Crippen molar-refractivity contribution in [2.24, 2.45) is 0 Å². The van der Waals surface area contributed by atoms with Gasteiger partial charge in [0, 0.05) is 28.2 Å². The summed E-state index contributed by atoms with van der Waals surface area (Å²) in [6.45, 7) is 4.23. The first-order valence-electron chi connectivity index (χ1n) is 10.9. The van der Waals surface area contributed by atoms with Crippen LogP contribution in [0.5, 0.6) is 0 Å². The lowest BCUT2D eigenvalue weighted by atomic mass is 9.84. The van der Waals surface area contributed by atoms with Gasteiger partial charge in [-0.3, -0.25) is 4.98 Å². The highest BCUT2D eigenvalue weighted by atomic mass is 16.3. The molecule has 0 aliphatic heterocycles. The number of nitrogens with zero attached hydrogens (tertiary/aromatic N) is 3. The number of fused-ring (bicyclic) bond motifs is 3. The fraction of sp³-hybridized carbons (Fsp3) is 0.346. The monoisotopic (exact) mass is 395 g/mol. The fourth-order valence-electron chi connectivity index (χ4n) is 4.68. The maximum Gasteiger partial charge on any atom is 0.227 e. The average Bonchev–Trinajstić information content (AvgIpc) is 3.18. The molecule has 5 rings (SSSR count). The molecule has 3 aromatic heterocycles. The van der Waals surface area contributed by atoms with Gasteiger partial charge < -0.3 is 4.42 Å². The van der Waals surface area contributed by atoms with Crippen LogP contribution in [0.3, 0.4) is 0 Å². The smallest absolute Gasteiger partial charge is 0.227 e. The van der Waals surface area contributed by atoms with E-state index in [9.17, 15) is 5.26 Å². The van der Waals surface area contributed by atoms with Crippen LogP contribution in [0.25, 0.3) is 33.3 Å². The number of furan rings is 1. The van der Waals surface area contributed by atoms with Gasteiger partial charge in [0.05, 0.1) is 17.3 Å². The van der Waals surface area contributed by atoms with Crippen molar-refractivity contribution >= 4 is 22.1 Å². The zero-order chi connectivity index (χ0) is 20.7. The molecule has 150 valence electrons. The van der Waals surface area contributed by atoms with Gasteiger partial charge in [-0.15, -0.1) is 0 Å². The zero-order valence-electron chi connectivity index (χ0n) is 17.5. The summed E-state index contributed by atoms with van der Waals surface area (Å²) in [6.07, 6.45) is 8.35. The van der Waals surface area contributed by atoms with E-state index < -0.39 is 0 Å². The van der Waals surface area contributed by atoms with E-state index >= 15 is 0 Å². The van der Waals surface area contributed by atoms with Crippen molar-refractivity contribution in [1.82, 2.24) is 9.97 Å². The maximum absolute atomic E-state index is 9.70. The molecule has 0 radical (unpaired) electrons. The Morgan fingerprint density at radius 2 is 1.90 bits per heavy atom. The summed E-state index contributed by atoms with van der Waals surface area (Å²) in [6, 6.07) is 14.6. The molecule has 0 amide bonds. The van der Waals surface area contributed by atoms with Gasteiger partial charge in [-0.2, -0.15) is 5.26 Å². The van der Waals surface area contributed by atoms with Crippen molar-refractivity contribution in [3.63, 3.8) is 0 Å². The Bertz CT molecular complexity index is 1270. The minimum Gasteiger partial charge on any atom is -0.437 e. The number of hydrogen-bond donors (Lipinski definition) is 0. The Labute approximate surface area is 176 Å². The Hall–Kier alpha value is -3.19. The van der Waals surface area contributed by atoms with Crippen LogP contribution in [0.1, 0.15) is 74.6 Å². The number of nitriles is 1. The molecular weight excluding hydrogens is 370 g/mol. The van der Waals surface area contributed by atoms with E-state index in [2.05, 4.69) is 37.0 Å². The second-order valence-electron chi connectivity index (χ2n) is 8.63. The standard InChI is InChI=1S/C26H25N3O/c1-16(2)22-11-10-21-24-19(15-27)8-9-20(25(24)30-26(21)29-22)23-14-18(12-13-28-23)17-6-4-3-5-7-17/h8-14,16-17H,3-7H2,1-2H3. The summed E-state index contributed by atoms with van der Waals surface area (Å²) in [5.74, 6) is 0.923. The third-order valence-corrected chi connectivity index (χ3v) is 6.36. The normalized spacial score (nSPS) is 15.1. The van der Waals surface area contributed by atoms with E-state index in [1.54, 1.807) is 0 Å². The maximum atomic E-state index is 9.70. The summed E-state index contributed by atoms with van der Waals surface area (Å²) >= 11 is 0. The number of aromatic nitrogens is 2. The van der Waals surface area contributed by atoms with Crippen molar-refractivity contribution in [2.45, 2.75) is 57.8 Å². The molecule has 30 heavy (non-hydrogen) atoms. The first-order valence-corrected chi connectivity index (χ1v) is 10.9. The van der Waals surface area contributed by atoms with Crippen LogP contribution in [0.2, 0.25) is 0 Å². The predicted molar refractivity (Wildman–Crippen MR) is 119 cm³/mol. The van der Waals surface area contributed by atoms with Gasteiger partial charge in [0.2, 0.25) is 5.71 Å². The lowest BCUT2D eigenvalue weighted by Gasteiger charge is -2.22. The summed E-state index contributed by atoms with van der Waals surface area (Å²) in [5, 5.41) is 11.4. The first-order chi connectivity index (χ1) is 14.7. The summed E-state index contributed by atoms with van der Waals surface area (Å²) < 4.78 is 6.25. The second kappa shape index (κ2) is 7.57. The second-order valence-corrected chi connectivity index (χ2v) is 8.63. The third kappa shape index (κ3) is 3.15. The molecule has 1 fully saturated rings. The zero-order valence-corrected chi connectivity index (χ0v) is 17.5. The van der Waals surface area contributed by atoms with Gasteiger partial charge in [0.15, 0.2) is 0 Å². The van der Waals surface area contributed by atoms with Gasteiger partial charge in [-0.1, -0.05) is 33.1 Å². The lowest BCUT2D eigenvalue weighted by molar-refractivity contribution is 0.443. The molecule has 3 heterocycles. The molecule has 0 bridgehead atoms. The van der Waals surface area contributed by atoms with E-state index in [1.807, 2.05) is 30.5 Å². The molecule has 4 heteroatoms. The Kier molecular flexibility index (Phi) is 4.75. The minimum atomic E-state index is 0.311. The van der Waals surface area contributed by atoms with E-state index in [0.717, 1.165) is 27.7 Å². The van der Waals surface area contributed by atoms with Crippen molar-refractivity contribution in [3.8, 4) is 17.3 Å². The van der Waals surface area contributed by atoms with Gasteiger partial charge in [-0.25, -0.2) is 4.98 Å². The highest BCUT2D eigenvalue weighted by Gasteiger charge is 2.20. The van der Waals surface area contributed by atoms with Gasteiger partial charge in [0.1, 0.15) is 5.58 Å². The number of rotatable bonds is 3. The van der Waals surface area contributed by atoms with Crippen LogP contribution in [0, 0.1) is 11.3 Å². The topological polar surface area (TPSA) is 62.7 Å². The highest BCUT2D eigenvalue weighted by Crippen LogP contribution is 2.39. The van der Waals surface area contributed by atoms with Gasteiger partial charge >= 0.3 is 0 Å². The van der Waals surface area contributed by atoms with E-state index in [0.29, 0.717) is 28.7 Å². The van der Waals surface area contributed by atoms with Crippen LogP contribution in [-0.2, 0) is 0 Å². The highest BCUT2D eigenvalue weighted by molar-refractivity contribution is 6.11. The molecule has 1 aliphatic rings. The van der Waals surface area contributed by atoms with E-state index in [-0.39, 0.29) is 0 Å². The van der Waals surface area contributed by atoms with Crippen LogP contribution in [0.4, 0.5) is 0 Å². The largest absolute Gasteiger partial charge is 0.437 e. The van der Waals surface area contributed by atoms with Crippen LogP contribution < -0.4 is 0 Å². The van der Waals surface area contributed by atoms with E-state index in [4.69, 9.17) is 9.40 Å². The molecule has 4 aromatic rings. The third-order valence-electron chi connectivity index (χ3n) is 6.36. The molecule has 0 spiro atoms. The first kappa shape index (κ1) is 18.8. The fourth-order valence-corrected chi connectivity index (χ4v) is 4.68. The van der Waals surface area contributed by atoms with Crippen LogP contribution in [0.15, 0.2) is 47.0 Å². The summed E-state index contributed by atoms with van der Waals surface area (Å²) in [5.41, 5.74) is 6.05. The Morgan fingerprint density at radius 1 is 1.07 bits per heavy atom. The Balaban J connectivity index is 1.70. The van der Waals surface area contributed by atoms with Crippen molar-refractivity contribution in [1.29, 1.82) is 5.26 Å². The molecule has 4 nitrogen and oxygen atoms in total. The number of benzene rings is 1. The molecule has 0 N–H and O–H groups in total. The van der Waals surface area contributed by atoms with Crippen LogP contribution in [-0.4, -0.2) is 9.97 Å². The molecule has 1 aliphatic carbocycles. The van der Waals surface area contributed by atoms with Crippen LogP contribution >= 0.6 is 0 Å². The van der Waals surface area contributed by atoms with Gasteiger partial charge in [-0.05, 0) is 66.6 Å². The lowest BCUT2D eigenvalue weighted by Crippen LogP contribution is -2.04. The van der Waals surface area contributed by atoms with Crippen molar-refractivity contribution < 1.29 is 4.42 Å². The Morgan fingerprint density at radius 3 is 2.67 bits per heavy atom. The molecule has 0 saturated heterocycles. The SMILES string of the molecule is CC(C)c1ccc2c(n1)oc1c(-c3cc(C4CCCCC4)ccn3)ccc(C#N)c12. The molecule has 1 aromatic carbocycles. The van der Waals surface area contributed by atoms with Crippen molar-refractivity contribution in [2.75, 3.05) is 0 Å².